The van der Waals surface area contributed by atoms with Gasteiger partial charge in [0.1, 0.15) is 0 Å². The number of nitrogens with zero attached hydrogens (tertiary/aromatic N) is 1. The highest BCUT2D eigenvalue weighted by atomic mass is 16.2. The quantitative estimate of drug-likeness (QED) is 0.708. The van der Waals surface area contributed by atoms with Gasteiger partial charge in [-0.3, -0.25) is 4.79 Å². The molecule has 3 nitrogen and oxygen atoms in total. The maximum Gasteiger partial charge on any atom is 0.223 e. The van der Waals surface area contributed by atoms with Crippen LogP contribution in [-0.2, 0) is 4.79 Å². The zero-order valence-corrected chi connectivity index (χ0v) is 11.8. The van der Waals surface area contributed by atoms with Gasteiger partial charge in [0.2, 0.25) is 5.91 Å². The second-order valence-corrected chi connectivity index (χ2v) is 5.57. The summed E-state index contributed by atoms with van der Waals surface area (Å²) in [5.74, 6) is 0.254. The Hall–Kier alpha value is -0.830. The summed E-state index contributed by atoms with van der Waals surface area (Å²) in [6.07, 6.45) is 9.39. The maximum absolute atomic E-state index is 12.4. The fourth-order valence-corrected chi connectivity index (χ4v) is 2.93. The standard InChI is InChI=1S/C15H28N2O/c1-3-10-17(11-4-2)14(18)12-15(13-16)8-6-5-7-9-15/h3H,1,4-13,16H2,2H3. The number of carbonyl (C=O) groups is 1. The van der Waals surface area contributed by atoms with Crippen LogP contribution in [0.15, 0.2) is 12.7 Å². The van der Waals surface area contributed by atoms with Crippen LogP contribution in [0.25, 0.3) is 0 Å². The third-order valence-electron chi connectivity index (χ3n) is 4.07. The number of amides is 1. The molecule has 1 rings (SSSR count). The molecule has 0 aliphatic heterocycles. The first kappa shape index (κ1) is 15.2. The van der Waals surface area contributed by atoms with Crippen molar-refractivity contribution in [3.05, 3.63) is 12.7 Å². The van der Waals surface area contributed by atoms with E-state index in [1.807, 2.05) is 11.0 Å². The van der Waals surface area contributed by atoms with E-state index >= 15 is 0 Å². The molecule has 2 N–H and O–H groups in total. The Kier molecular flexibility index (Phi) is 6.41. The van der Waals surface area contributed by atoms with Crippen molar-refractivity contribution in [2.24, 2.45) is 11.1 Å². The third-order valence-corrected chi connectivity index (χ3v) is 4.07. The molecule has 0 bridgehead atoms. The first-order valence-corrected chi connectivity index (χ1v) is 7.26. The molecule has 0 radical (unpaired) electrons. The number of hydrogen-bond acceptors (Lipinski definition) is 2. The number of rotatable bonds is 7. The molecule has 1 fully saturated rings. The zero-order valence-electron chi connectivity index (χ0n) is 11.8. The molecular formula is C15H28N2O. The van der Waals surface area contributed by atoms with Gasteiger partial charge in [-0.1, -0.05) is 32.3 Å². The summed E-state index contributed by atoms with van der Waals surface area (Å²) in [6.45, 7) is 7.96. The van der Waals surface area contributed by atoms with E-state index in [0.717, 1.165) is 25.8 Å². The van der Waals surface area contributed by atoms with Crippen molar-refractivity contribution in [1.29, 1.82) is 0 Å². The largest absolute Gasteiger partial charge is 0.339 e. The molecule has 3 heteroatoms. The van der Waals surface area contributed by atoms with Gasteiger partial charge in [0, 0.05) is 19.5 Å². The zero-order chi connectivity index (χ0) is 13.4. The molecule has 1 aliphatic carbocycles. The van der Waals surface area contributed by atoms with Gasteiger partial charge in [-0.05, 0) is 31.2 Å². The van der Waals surface area contributed by atoms with Crippen LogP contribution < -0.4 is 5.73 Å². The molecule has 0 aromatic carbocycles. The minimum atomic E-state index is 0.0719. The molecule has 104 valence electrons. The van der Waals surface area contributed by atoms with E-state index in [1.54, 1.807) is 0 Å². The van der Waals surface area contributed by atoms with Gasteiger partial charge in [0.05, 0.1) is 0 Å². The van der Waals surface area contributed by atoms with Crippen molar-refractivity contribution in [1.82, 2.24) is 4.90 Å². The van der Waals surface area contributed by atoms with Gasteiger partial charge in [-0.2, -0.15) is 0 Å². The average Bonchev–Trinajstić information content (AvgIpc) is 2.39. The van der Waals surface area contributed by atoms with Crippen molar-refractivity contribution in [2.75, 3.05) is 19.6 Å². The lowest BCUT2D eigenvalue weighted by atomic mass is 9.71. The summed E-state index contributed by atoms with van der Waals surface area (Å²) >= 11 is 0. The van der Waals surface area contributed by atoms with Crippen LogP contribution in [0.1, 0.15) is 51.9 Å². The molecule has 1 saturated carbocycles. The molecule has 0 aromatic rings. The van der Waals surface area contributed by atoms with Crippen LogP contribution in [0.4, 0.5) is 0 Å². The number of carbonyl (C=O) groups excluding carboxylic acids is 1. The predicted octanol–water partition coefficient (Wildman–Crippen LogP) is 2.71. The van der Waals surface area contributed by atoms with Gasteiger partial charge in [-0.25, -0.2) is 0 Å². The lowest BCUT2D eigenvalue weighted by Gasteiger charge is -2.37. The Morgan fingerprint density at radius 2 is 2.06 bits per heavy atom. The van der Waals surface area contributed by atoms with Crippen molar-refractivity contribution >= 4 is 5.91 Å². The SMILES string of the molecule is C=CCN(CCC)C(=O)CC1(CN)CCCCC1. The minimum absolute atomic E-state index is 0.0719. The topological polar surface area (TPSA) is 46.3 Å². The molecule has 0 atom stereocenters. The van der Waals surface area contributed by atoms with Gasteiger partial charge >= 0.3 is 0 Å². The van der Waals surface area contributed by atoms with Crippen molar-refractivity contribution in [2.45, 2.75) is 51.9 Å². The Bertz CT molecular complexity index is 270. The van der Waals surface area contributed by atoms with E-state index in [9.17, 15) is 4.79 Å². The fourth-order valence-electron chi connectivity index (χ4n) is 2.93. The molecule has 1 amide bonds. The molecular weight excluding hydrogens is 224 g/mol. The fraction of sp³-hybridized carbons (Fsp3) is 0.800. The van der Waals surface area contributed by atoms with E-state index in [-0.39, 0.29) is 11.3 Å². The van der Waals surface area contributed by atoms with Gasteiger partial charge in [0.25, 0.3) is 0 Å². The van der Waals surface area contributed by atoms with Gasteiger partial charge < -0.3 is 10.6 Å². The highest BCUT2D eigenvalue weighted by Gasteiger charge is 2.34. The number of hydrogen-bond donors (Lipinski definition) is 1. The van der Waals surface area contributed by atoms with E-state index in [1.165, 1.54) is 19.3 Å². The Balaban J connectivity index is 2.61. The highest BCUT2D eigenvalue weighted by Crippen LogP contribution is 2.38. The predicted molar refractivity (Wildman–Crippen MR) is 76.3 cm³/mol. The van der Waals surface area contributed by atoms with E-state index in [2.05, 4.69) is 13.5 Å². The average molecular weight is 252 g/mol. The highest BCUT2D eigenvalue weighted by molar-refractivity contribution is 5.77. The van der Waals surface area contributed by atoms with Crippen LogP contribution in [-0.4, -0.2) is 30.4 Å². The summed E-state index contributed by atoms with van der Waals surface area (Å²) in [5, 5.41) is 0. The number of nitrogens with two attached hydrogens (primary N) is 1. The molecule has 0 heterocycles. The Labute approximate surface area is 111 Å². The summed E-state index contributed by atoms with van der Waals surface area (Å²) in [6, 6.07) is 0. The first-order valence-electron chi connectivity index (χ1n) is 7.26. The minimum Gasteiger partial charge on any atom is -0.339 e. The molecule has 1 aliphatic rings. The lowest BCUT2D eigenvalue weighted by molar-refractivity contribution is -0.133. The first-order chi connectivity index (χ1) is 8.67. The van der Waals surface area contributed by atoms with Gasteiger partial charge in [-0.15, -0.1) is 6.58 Å². The van der Waals surface area contributed by atoms with E-state index < -0.39 is 0 Å². The Morgan fingerprint density at radius 1 is 1.39 bits per heavy atom. The summed E-state index contributed by atoms with van der Waals surface area (Å²) in [7, 11) is 0. The van der Waals surface area contributed by atoms with E-state index in [4.69, 9.17) is 5.73 Å². The summed E-state index contributed by atoms with van der Waals surface area (Å²) in [4.78, 5) is 14.3. The van der Waals surface area contributed by atoms with Crippen LogP contribution in [0.5, 0.6) is 0 Å². The Morgan fingerprint density at radius 3 is 2.56 bits per heavy atom. The second kappa shape index (κ2) is 7.57. The van der Waals surface area contributed by atoms with Crippen LogP contribution >= 0.6 is 0 Å². The smallest absolute Gasteiger partial charge is 0.223 e. The monoisotopic (exact) mass is 252 g/mol. The third kappa shape index (κ3) is 4.13. The van der Waals surface area contributed by atoms with Gasteiger partial charge in [0.15, 0.2) is 0 Å². The molecule has 0 saturated heterocycles. The van der Waals surface area contributed by atoms with Crippen molar-refractivity contribution in [3.63, 3.8) is 0 Å². The van der Waals surface area contributed by atoms with Crippen LogP contribution in [0, 0.1) is 5.41 Å². The molecule has 0 spiro atoms. The normalized spacial score (nSPS) is 18.3. The second-order valence-electron chi connectivity index (χ2n) is 5.57. The lowest BCUT2D eigenvalue weighted by Crippen LogP contribution is -2.41. The molecule has 18 heavy (non-hydrogen) atoms. The summed E-state index contributed by atoms with van der Waals surface area (Å²) in [5.41, 5.74) is 6.02. The van der Waals surface area contributed by atoms with Crippen molar-refractivity contribution < 1.29 is 4.79 Å². The molecule has 0 unspecified atom stereocenters. The van der Waals surface area contributed by atoms with Crippen LogP contribution in [0.2, 0.25) is 0 Å². The molecule has 0 aromatic heterocycles. The van der Waals surface area contributed by atoms with Crippen LogP contribution in [0.3, 0.4) is 0 Å². The maximum atomic E-state index is 12.4. The van der Waals surface area contributed by atoms with Crippen molar-refractivity contribution in [3.8, 4) is 0 Å². The summed E-state index contributed by atoms with van der Waals surface area (Å²) < 4.78 is 0. The van der Waals surface area contributed by atoms with E-state index in [0.29, 0.717) is 19.5 Å².